The summed E-state index contributed by atoms with van der Waals surface area (Å²) in [4.78, 5) is 39.2. The smallest absolute Gasteiger partial charge is 0.293 e. The second kappa shape index (κ2) is 6.23. The summed E-state index contributed by atoms with van der Waals surface area (Å²) in [6.07, 6.45) is 0. The fraction of sp³-hybridized carbons (Fsp3) is 0.222. The molecule has 0 saturated carbocycles. The van der Waals surface area contributed by atoms with Crippen LogP contribution in [-0.2, 0) is 4.74 Å². The number of amides is 2. The molecule has 1 saturated heterocycles. The van der Waals surface area contributed by atoms with Crippen LogP contribution in [0.2, 0.25) is 0 Å². The molecule has 8 heteroatoms. The Morgan fingerprint density at radius 3 is 2.15 bits per heavy atom. The maximum absolute atomic E-state index is 12.7. The molecule has 2 aliphatic heterocycles. The van der Waals surface area contributed by atoms with Crippen LogP contribution in [0, 0.1) is 10.1 Å². The fourth-order valence-corrected chi connectivity index (χ4v) is 3.27. The molecule has 2 aromatic carbocycles. The number of fused-ring (bicyclic) bond motifs is 1. The van der Waals surface area contributed by atoms with E-state index in [9.17, 15) is 19.7 Å². The van der Waals surface area contributed by atoms with Gasteiger partial charge in [0.15, 0.2) is 0 Å². The first-order valence-corrected chi connectivity index (χ1v) is 8.17. The number of nitro groups is 1. The van der Waals surface area contributed by atoms with Gasteiger partial charge in [0.1, 0.15) is 5.69 Å². The average Bonchev–Trinajstić information content (AvgIpc) is 2.93. The highest BCUT2D eigenvalue weighted by molar-refractivity contribution is 6.35. The fourth-order valence-electron chi connectivity index (χ4n) is 3.27. The lowest BCUT2D eigenvalue weighted by atomic mass is 10.1. The van der Waals surface area contributed by atoms with E-state index < -0.39 is 16.7 Å². The summed E-state index contributed by atoms with van der Waals surface area (Å²) in [7, 11) is 0. The highest BCUT2D eigenvalue weighted by Gasteiger charge is 2.39. The molecule has 2 aromatic rings. The van der Waals surface area contributed by atoms with Gasteiger partial charge in [-0.2, -0.15) is 0 Å². The van der Waals surface area contributed by atoms with E-state index in [0.29, 0.717) is 32.0 Å². The Hall–Kier alpha value is -3.26. The lowest BCUT2D eigenvalue weighted by molar-refractivity contribution is -0.384. The minimum atomic E-state index is -0.581. The first-order valence-electron chi connectivity index (χ1n) is 8.17. The first kappa shape index (κ1) is 16.2. The highest BCUT2D eigenvalue weighted by atomic mass is 16.6. The Labute approximate surface area is 148 Å². The minimum Gasteiger partial charge on any atom is -0.378 e. The molecule has 0 N–H and O–H groups in total. The molecule has 132 valence electrons. The van der Waals surface area contributed by atoms with Gasteiger partial charge in [0.05, 0.1) is 29.3 Å². The van der Waals surface area contributed by atoms with Gasteiger partial charge in [-0.25, -0.2) is 4.90 Å². The molecule has 0 aliphatic carbocycles. The van der Waals surface area contributed by atoms with E-state index in [1.165, 1.54) is 12.1 Å². The Morgan fingerprint density at radius 1 is 0.962 bits per heavy atom. The number of nitrogens with zero attached hydrogens (tertiary/aromatic N) is 3. The van der Waals surface area contributed by atoms with Crippen LogP contribution in [-0.4, -0.2) is 43.0 Å². The van der Waals surface area contributed by atoms with Crippen LogP contribution in [0.5, 0.6) is 0 Å². The van der Waals surface area contributed by atoms with Crippen molar-refractivity contribution in [1.29, 1.82) is 0 Å². The monoisotopic (exact) mass is 353 g/mol. The molecular formula is C18H15N3O5. The largest absolute Gasteiger partial charge is 0.378 e. The molecule has 0 unspecified atom stereocenters. The van der Waals surface area contributed by atoms with E-state index in [1.807, 2.05) is 4.90 Å². The molecule has 0 aromatic heterocycles. The number of benzene rings is 2. The molecule has 0 atom stereocenters. The summed E-state index contributed by atoms with van der Waals surface area (Å²) in [6.45, 7) is 2.39. The van der Waals surface area contributed by atoms with Crippen LogP contribution < -0.4 is 9.80 Å². The van der Waals surface area contributed by atoms with E-state index in [4.69, 9.17) is 4.74 Å². The van der Waals surface area contributed by atoms with E-state index in [2.05, 4.69) is 0 Å². The molecule has 4 rings (SSSR count). The van der Waals surface area contributed by atoms with E-state index in [-0.39, 0.29) is 22.5 Å². The van der Waals surface area contributed by atoms with Crippen molar-refractivity contribution in [3.8, 4) is 0 Å². The quantitative estimate of drug-likeness (QED) is 0.477. The third kappa shape index (κ3) is 2.51. The van der Waals surface area contributed by atoms with Crippen molar-refractivity contribution in [3.05, 3.63) is 63.7 Å². The second-order valence-corrected chi connectivity index (χ2v) is 6.02. The Bertz CT molecular complexity index is 886. The number of morpholine rings is 1. The molecule has 1 fully saturated rings. The molecule has 0 bridgehead atoms. The van der Waals surface area contributed by atoms with Gasteiger partial charge in [0, 0.05) is 24.8 Å². The Morgan fingerprint density at radius 2 is 1.58 bits per heavy atom. The number of nitro benzene ring substituents is 1. The number of anilines is 2. The van der Waals surface area contributed by atoms with E-state index in [1.54, 1.807) is 30.3 Å². The van der Waals surface area contributed by atoms with Gasteiger partial charge in [-0.1, -0.05) is 12.1 Å². The van der Waals surface area contributed by atoms with Crippen LogP contribution in [0.15, 0.2) is 42.5 Å². The van der Waals surface area contributed by atoms with E-state index >= 15 is 0 Å². The summed E-state index contributed by atoms with van der Waals surface area (Å²) in [6, 6.07) is 10.9. The van der Waals surface area contributed by atoms with Crippen LogP contribution >= 0.6 is 0 Å². The lowest BCUT2D eigenvalue weighted by Gasteiger charge is -2.29. The molecule has 2 amide bonds. The van der Waals surface area contributed by atoms with Gasteiger partial charge in [0.25, 0.3) is 17.5 Å². The number of imide groups is 1. The molecule has 0 radical (unpaired) electrons. The highest BCUT2D eigenvalue weighted by Crippen LogP contribution is 2.37. The van der Waals surface area contributed by atoms with Gasteiger partial charge < -0.3 is 9.64 Å². The normalized spacial score (nSPS) is 16.8. The van der Waals surface area contributed by atoms with Gasteiger partial charge >= 0.3 is 0 Å². The summed E-state index contributed by atoms with van der Waals surface area (Å²) >= 11 is 0. The molecule has 2 heterocycles. The second-order valence-electron chi connectivity index (χ2n) is 6.02. The van der Waals surface area contributed by atoms with Crippen molar-refractivity contribution < 1.29 is 19.2 Å². The lowest BCUT2D eigenvalue weighted by Crippen LogP contribution is -2.36. The van der Waals surface area contributed by atoms with Gasteiger partial charge in [-0.3, -0.25) is 19.7 Å². The van der Waals surface area contributed by atoms with Crippen LogP contribution in [0.3, 0.4) is 0 Å². The number of rotatable bonds is 3. The van der Waals surface area contributed by atoms with E-state index in [0.717, 1.165) is 4.90 Å². The number of carbonyl (C=O) groups is 2. The van der Waals surface area contributed by atoms with Crippen molar-refractivity contribution >= 4 is 28.9 Å². The SMILES string of the molecule is O=C1c2ccccc2C(=O)N1c1cc(N2CCOCC2)ccc1[N+](=O)[O-]. The summed E-state index contributed by atoms with van der Waals surface area (Å²) in [5, 5.41) is 11.5. The van der Waals surface area contributed by atoms with Crippen LogP contribution in [0.1, 0.15) is 20.7 Å². The topological polar surface area (TPSA) is 93.0 Å². The van der Waals surface area contributed by atoms with Gasteiger partial charge in [-0.05, 0) is 24.3 Å². The van der Waals surface area contributed by atoms with Crippen molar-refractivity contribution in [2.75, 3.05) is 36.1 Å². The van der Waals surface area contributed by atoms with Crippen LogP contribution in [0.25, 0.3) is 0 Å². The van der Waals surface area contributed by atoms with Crippen LogP contribution in [0.4, 0.5) is 17.1 Å². The van der Waals surface area contributed by atoms with Crippen molar-refractivity contribution in [3.63, 3.8) is 0 Å². The number of carbonyl (C=O) groups excluding carboxylic acids is 2. The average molecular weight is 353 g/mol. The number of hydrogen-bond donors (Lipinski definition) is 0. The molecule has 0 spiro atoms. The third-order valence-corrected chi connectivity index (χ3v) is 4.57. The molecule has 2 aliphatic rings. The Balaban J connectivity index is 1.81. The zero-order valence-electron chi connectivity index (χ0n) is 13.8. The predicted octanol–water partition coefficient (Wildman–Crippen LogP) is 2.23. The predicted molar refractivity (Wildman–Crippen MR) is 93.7 cm³/mol. The summed E-state index contributed by atoms with van der Waals surface area (Å²) < 4.78 is 5.32. The maximum atomic E-state index is 12.7. The summed E-state index contributed by atoms with van der Waals surface area (Å²) in [5.74, 6) is -1.10. The minimum absolute atomic E-state index is 0.00908. The summed E-state index contributed by atoms with van der Waals surface area (Å²) in [5.41, 5.74) is 0.930. The first-order chi connectivity index (χ1) is 12.6. The molecule has 8 nitrogen and oxygen atoms in total. The Kier molecular flexibility index (Phi) is 3.89. The maximum Gasteiger partial charge on any atom is 0.293 e. The van der Waals surface area contributed by atoms with Gasteiger partial charge in [0.2, 0.25) is 0 Å². The zero-order valence-corrected chi connectivity index (χ0v) is 13.8. The molecular weight excluding hydrogens is 338 g/mol. The van der Waals surface area contributed by atoms with Crippen molar-refractivity contribution in [2.45, 2.75) is 0 Å². The standard InChI is InChI=1S/C18H15N3O5/c22-17-13-3-1-2-4-14(13)18(23)20(17)16-11-12(5-6-15(16)21(24)25)19-7-9-26-10-8-19/h1-6,11H,7-10H2. The number of hydrogen-bond acceptors (Lipinski definition) is 6. The number of ether oxygens (including phenoxy) is 1. The van der Waals surface area contributed by atoms with Gasteiger partial charge in [-0.15, -0.1) is 0 Å². The molecule has 26 heavy (non-hydrogen) atoms. The zero-order chi connectivity index (χ0) is 18.3. The van der Waals surface area contributed by atoms with Crippen molar-refractivity contribution in [1.82, 2.24) is 0 Å². The third-order valence-electron chi connectivity index (χ3n) is 4.57. The van der Waals surface area contributed by atoms with Crippen molar-refractivity contribution in [2.24, 2.45) is 0 Å².